The molecule has 1 atom stereocenters. The second-order valence-corrected chi connectivity index (χ2v) is 8.57. The zero-order valence-electron chi connectivity index (χ0n) is 16.7. The quantitative estimate of drug-likeness (QED) is 0.587. The molecule has 5 nitrogen and oxygen atoms in total. The van der Waals surface area contributed by atoms with Crippen molar-refractivity contribution >= 4 is 28.3 Å². The molecule has 1 heterocycles. The summed E-state index contributed by atoms with van der Waals surface area (Å²) in [6.45, 7) is 6.07. The number of aryl methyl sites for hydroxylation is 1. The lowest BCUT2D eigenvalue weighted by Gasteiger charge is -2.32. The van der Waals surface area contributed by atoms with Crippen LogP contribution in [0.25, 0.3) is 10.9 Å². The average molecular weight is 414 g/mol. The van der Waals surface area contributed by atoms with Gasteiger partial charge in [0.05, 0.1) is 11.7 Å². The Balaban J connectivity index is 1.79. The number of carbonyl (C=O) groups excluding carboxylic acids is 1. The summed E-state index contributed by atoms with van der Waals surface area (Å²) in [5.74, 6) is 0.564. The molecule has 152 valence electrons. The van der Waals surface area contributed by atoms with Crippen LogP contribution in [0.2, 0.25) is 5.02 Å². The molecule has 1 aromatic heterocycles. The van der Waals surface area contributed by atoms with Crippen LogP contribution in [-0.4, -0.2) is 40.3 Å². The van der Waals surface area contributed by atoms with E-state index in [4.69, 9.17) is 21.4 Å². The Morgan fingerprint density at radius 1 is 1.24 bits per heavy atom. The first-order valence-corrected chi connectivity index (χ1v) is 10.0. The lowest BCUT2D eigenvalue weighted by Crippen LogP contribution is -2.30. The van der Waals surface area contributed by atoms with Gasteiger partial charge in [-0.2, -0.15) is 0 Å². The van der Waals surface area contributed by atoms with Crippen molar-refractivity contribution in [3.8, 4) is 5.75 Å². The SMILES string of the molecule is Cc1cc2c3c([nH]c2cc1Cl)C(C)(C)c1cc(OC[C@@H](O)CCO)ccc1C3=O. The molecule has 0 saturated carbocycles. The number of aliphatic hydroxyl groups excluding tert-OH is 2. The predicted octanol–water partition coefficient (Wildman–Crippen LogP) is 4.12. The molecule has 6 heteroatoms. The van der Waals surface area contributed by atoms with Crippen LogP contribution in [0.3, 0.4) is 0 Å². The Morgan fingerprint density at radius 3 is 2.72 bits per heavy atom. The molecular formula is C23H24ClNO4. The number of hydrogen-bond acceptors (Lipinski definition) is 4. The minimum atomic E-state index is -0.737. The molecule has 29 heavy (non-hydrogen) atoms. The van der Waals surface area contributed by atoms with Gasteiger partial charge in [0.25, 0.3) is 0 Å². The van der Waals surface area contributed by atoms with Gasteiger partial charge in [-0.05, 0) is 54.8 Å². The highest BCUT2D eigenvalue weighted by atomic mass is 35.5. The predicted molar refractivity (Wildman–Crippen MR) is 113 cm³/mol. The Kier molecular flexibility index (Phi) is 4.93. The third kappa shape index (κ3) is 3.23. The summed E-state index contributed by atoms with van der Waals surface area (Å²) in [5, 5.41) is 20.3. The summed E-state index contributed by atoms with van der Waals surface area (Å²) in [6.07, 6.45) is -0.478. The Bertz CT molecular complexity index is 1120. The monoisotopic (exact) mass is 413 g/mol. The zero-order chi connectivity index (χ0) is 20.9. The molecule has 0 fully saturated rings. The van der Waals surface area contributed by atoms with E-state index in [0.717, 1.165) is 27.7 Å². The number of carbonyl (C=O) groups is 1. The number of hydrogen-bond donors (Lipinski definition) is 3. The van der Waals surface area contributed by atoms with Gasteiger partial charge in [0.15, 0.2) is 5.78 Å². The highest BCUT2D eigenvalue weighted by Crippen LogP contribution is 2.45. The molecule has 0 radical (unpaired) electrons. The molecule has 4 rings (SSSR count). The highest BCUT2D eigenvalue weighted by molar-refractivity contribution is 6.32. The summed E-state index contributed by atoms with van der Waals surface area (Å²) < 4.78 is 5.69. The van der Waals surface area contributed by atoms with Gasteiger partial charge in [-0.1, -0.05) is 25.4 Å². The summed E-state index contributed by atoms with van der Waals surface area (Å²) in [5.41, 5.74) is 4.43. The Morgan fingerprint density at radius 2 is 2.00 bits per heavy atom. The van der Waals surface area contributed by atoms with Gasteiger partial charge in [0.2, 0.25) is 0 Å². The van der Waals surface area contributed by atoms with Gasteiger partial charge >= 0.3 is 0 Å². The smallest absolute Gasteiger partial charge is 0.195 e. The number of nitrogens with one attached hydrogen (secondary N) is 1. The molecule has 3 N–H and O–H groups in total. The highest BCUT2D eigenvalue weighted by Gasteiger charge is 2.40. The average Bonchev–Trinajstić information content (AvgIpc) is 3.05. The van der Waals surface area contributed by atoms with E-state index in [1.807, 2.05) is 25.1 Å². The minimum Gasteiger partial charge on any atom is -0.491 e. The number of ketones is 1. The van der Waals surface area contributed by atoms with Crippen molar-refractivity contribution in [3.63, 3.8) is 0 Å². The first-order chi connectivity index (χ1) is 13.7. The van der Waals surface area contributed by atoms with Crippen LogP contribution in [0, 0.1) is 6.92 Å². The van der Waals surface area contributed by atoms with Crippen LogP contribution in [0.4, 0.5) is 0 Å². The third-order valence-electron chi connectivity index (χ3n) is 5.74. The van der Waals surface area contributed by atoms with Crippen molar-refractivity contribution < 1.29 is 19.7 Å². The molecule has 2 aromatic carbocycles. The van der Waals surface area contributed by atoms with Gasteiger partial charge < -0.3 is 19.9 Å². The third-order valence-corrected chi connectivity index (χ3v) is 6.15. The molecule has 0 unspecified atom stereocenters. The number of ether oxygens (including phenoxy) is 1. The number of benzene rings is 2. The lowest BCUT2D eigenvalue weighted by molar-refractivity contribution is 0.0820. The molecule has 0 aliphatic heterocycles. The standard InChI is InChI=1S/C23H24ClNO4/c1-12-8-16-19(10-18(12)24)25-22-20(16)21(28)15-5-4-14(9-17(15)23(22,2)3)29-11-13(27)6-7-26/h4-5,8-10,13,25-27H,6-7,11H2,1-3H3/t13-/m0/s1. The maximum Gasteiger partial charge on any atom is 0.195 e. The maximum atomic E-state index is 13.4. The van der Waals surface area contributed by atoms with Gasteiger partial charge in [-0.25, -0.2) is 0 Å². The van der Waals surface area contributed by atoms with Crippen LogP contribution < -0.4 is 4.74 Å². The summed E-state index contributed by atoms with van der Waals surface area (Å²) >= 11 is 6.29. The molecule has 0 bridgehead atoms. The summed E-state index contributed by atoms with van der Waals surface area (Å²) in [4.78, 5) is 16.8. The van der Waals surface area contributed by atoms with E-state index >= 15 is 0 Å². The van der Waals surface area contributed by atoms with Gasteiger partial charge in [-0.3, -0.25) is 4.79 Å². The Hall–Kier alpha value is -2.34. The molecule has 0 spiro atoms. The number of H-pyrrole nitrogens is 1. The fraction of sp³-hybridized carbons (Fsp3) is 0.348. The van der Waals surface area contributed by atoms with Crippen molar-refractivity contribution in [2.45, 2.75) is 38.7 Å². The van der Waals surface area contributed by atoms with Gasteiger partial charge in [0, 0.05) is 39.2 Å². The molecular weight excluding hydrogens is 390 g/mol. The van der Waals surface area contributed by atoms with E-state index in [9.17, 15) is 9.90 Å². The number of rotatable bonds is 5. The zero-order valence-corrected chi connectivity index (χ0v) is 17.4. The van der Waals surface area contributed by atoms with Gasteiger partial charge in [0.1, 0.15) is 12.4 Å². The van der Waals surface area contributed by atoms with Crippen LogP contribution in [0.1, 0.15) is 53.0 Å². The molecule has 0 saturated heterocycles. The number of aromatic nitrogens is 1. The first kappa shape index (κ1) is 20.0. The van der Waals surface area contributed by atoms with Crippen molar-refractivity contribution in [2.24, 2.45) is 0 Å². The van der Waals surface area contributed by atoms with Crippen molar-refractivity contribution in [3.05, 3.63) is 63.3 Å². The fourth-order valence-corrected chi connectivity index (χ4v) is 4.21. The van der Waals surface area contributed by atoms with Crippen LogP contribution in [0.15, 0.2) is 30.3 Å². The van der Waals surface area contributed by atoms with E-state index in [-0.39, 0.29) is 25.4 Å². The number of aromatic amines is 1. The number of aliphatic hydroxyl groups is 2. The molecule has 3 aromatic rings. The van der Waals surface area contributed by atoms with E-state index in [0.29, 0.717) is 21.9 Å². The van der Waals surface area contributed by atoms with Crippen LogP contribution in [-0.2, 0) is 5.41 Å². The summed E-state index contributed by atoms with van der Waals surface area (Å²) in [7, 11) is 0. The topological polar surface area (TPSA) is 82.6 Å². The maximum absolute atomic E-state index is 13.4. The Labute approximate surface area is 174 Å². The lowest BCUT2D eigenvalue weighted by atomic mass is 9.71. The van der Waals surface area contributed by atoms with Crippen LogP contribution >= 0.6 is 11.6 Å². The normalized spacial score (nSPS) is 15.9. The van der Waals surface area contributed by atoms with Gasteiger partial charge in [-0.15, -0.1) is 0 Å². The second-order valence-electron chi connectivity index (χ2n) is 8.16. The molecule has 0 amide bonds. The van der Waals surface area contributed by atoms with Crippen molar-refractivity contribution in [2.75, 3.05) is 13.2 Å². The number of fused-ring (bicyclic) bond motifs is 4. The van der Waals surface area contributed by atoms with Crippen molar-refractivity contribution in [1.29, 1.82) is 0 Å². The summed E-state index contributed by atoms with van der Waals surface area (Å²) in [6, 6.07) is 9.24. The molecule has 1 aliphatic carbocycles. The second kappa shape index (κ2) is 7.17. The molecule has 1 aliphatic rings. The first-order valence-electron chi connectivity index (χ1n) is 9.67. The van der Waals surface area contributed by atoms with Crippen LogP contribution in [0.5, 0.6) is 5.75 Å². The minimum absolute atomic E-state index is 0.0193. The number of halogens is 1. The van der Waals surface area contributed by atoms with E-state index in [2.05, 4.69) is 18.8 Å². The van der Waals surface area contributed by atoms with E-state index in [1.165, 1.54) is 0 Å². The largest absolute Gasteiger partial charge is 0.491 e. The van der Waals surface area contributed by atoms with E-state index in [1.54, 1.807) is 12.1 Å². The van der Waals surface area contributed by atoms with Crippen molar-refractivity contribution in [1.82, 2.24) is 4.98 Å². The van der Waals surface area contributed by atoms with E-state index < -0.39 is 11.5 Å². The fourth-order valence-electron chi connectivity index (χ4n) is 4.05.